The third kappa shape index (κ3) is 5.37. The largest absolute Gasteiger partial charge is 0.444 e. The van der Waals surface area contributed by atoms with Gasteiger partial charge in [-0.25, -0.2) is 4.79 Å². The van der Waals surface area contributed by atoms with Gasteiger partial charge >= 0.3 is 6.09 Å². The zero-order chi connectivity index (χ0) is 19.6. The number of piperidine rings is 1. The number of ether oxygens (including phenoxy) is 1. The molecule has 0 bridgehead atoms. The molecule has 3 N–H and O–H groups in total. The standard InChI is InChI=1S/C19H27N3O4S/c1-19(2,3)26-18(25)22-7-6-13(15(23)10-22)20-9-12-4-5-16-14(8-12)21-17(24)11-27-16/h4-5,8,13,15,20,23H,6-7,9-11H2,1-3H3,(H,21,24)/t13-,15-/m1/s1. The van der Waals surface area contributed by atoms with Crippen LogP contribution < -0.4 is 10.6 Å². The van der Waals surface area contributed by atoms with Crippen LogP contribution in [0.15, 0.2) is 23.1 Å². The smallest absolute Gasteiger partial charge is 0.410 e. The lowest BCUT2D eigenvalue weighted by molar-refractivity contribution is -0.113. The molecule has 0 spiro atoms. The summed E-state index contributed by atoms with van der Waals surface area (Å²) in [6, 6.07) is 5.91. The Hall–Kier alpha value is -1.77. The maximum Gasteiger partial charge on any atom is 0.410 e. The fourth-order valence-electron chi connectivity index (χ4n) is 3.15. The summed E-state index contributed by atoms with van der Waals surface area (Å²) < 4.78 is 5.37. The second-order valence-corrected chi connectivity index (χ2v) is 8.95. The van der Waals surface area contributed by atoms with Crippen LogP contribution in [0.4, 0.5) is 10.5 Å². The minimum atomic E-state index is -0.654. The SMILES string of the molecule is CC(C)(C)OC(=O)N1CC[C@@H](NCc2ccc3c(c2)NC(=O)CS3)[C@H](O)C1. The number of thioether (sulfide) groups is 1. The highest BCUT2D eigenvalue weighted by molar-refractivity contribution is 8.00. The number of rotatable bonds is 3. The van der Waals surface area contributed by atoms with Crippen molar-refractivity contribution >= 4 is 29.4 Å². The monoisotopic (exact) mass is 393 g/mol. The van der Waals surface area contributed by atoms with Gasteiger partial charge in [-0.1, -0.05) is 6.07 Å². The van der Waals surface area contributed by atoms with Crippen LogP contribution in [0.25, 0.3) is 0 Å². The highest BCUT2D eigenvalue weighted by atomic mass is 32.2. The van der Waals surface area contributed by atoms with E-state index in [-0.39, 0.29) is 24.6 Å². The Morgan fingerprint density at radius 1 is 1.44 bits per heavy atom. The molecule has 2 aliphatic heterocycles. The van der Waals surface area contributed by atoms with Gasteiger partial charge in [0.25, 0.3) is 0 Å². The van der Waals surface area contributed by atoms with Gasteiger partial charge in [0.15, 0.2) is 0 Å². The lowest BCUT2D eigenvalue weighted by Gasteiger charge is -2.37. The summed E-state index contributed by atoms with van der Waals surface area (Å²) in [5.41, 5.74) is 1.34. The van der Waals surface area contributed by atoms with E-state index in [2.05, 4.69) is 10.6 Å². The van der Waals surface area contributed by atoms with Crippen LogP contribution in [-0.2, 0) is 16.1 Å². The maximum atomic E-state index is 12.1. The van der Waals surface area contributed by atoms with Crippen molar-refractivity contribution in [1.82, 2.24) is 10.2 Å². The lowest BCUT2D eigenvalue weighted by atomic mass is 10.0. The van der Waals surface area contributed by atoms with Crippen LogP contribution in [-0.4, -0.2) is 58.6 Å². The molecule has 2 heterocycles. The molecule has 2 atom stereocenters. The Balaban J connectivity index is 1.52. The Bertz CT molecular complexity index is 719. The molecule has 1 aromatic rings. The number of fused-ring (bicyclic) bond motifs is 1. The topological polar surface area (TPSA) is 90.9 Å². The molecular weight excluding hydrogens is 366 g/mol. The van der Waals surface area contributed by atoms with Crippen molar-refractivity contribution in [2.24, 2.45) is 0 Å². The van der Waals surface area contributed by atoms with Gasteiger partial charge < -0.3 is 25.4 Å². The number of β-amino-alcohol motifs (C(OH)–C–C–N with tert-alkyl or cyclic N) is 1. The van der Waals surface area contributed by atoms with Crippen LogP contribution in [0.5, 0.6) is 0 Å². The second-order valence-electron chi connectivity index (χ2n) is 7.94. The minimum absolute atomic E-state index is 0.0162. The summed E-state index contributed by atoms with van der Waals surface area (Å²) in [6.07, 6.45) is -0.389. The summed E-state index contributed by atoms with van der Waals surface area (Å²) in [4.78, 5) is 26.3. The van der Waals surface area contributed by atoms with Gasteiger partial charge in [-0.3, -0.25) is 4.79 Å². The molecule has 148 valence electrons. The van der Waals surface area contributed by atoms with Crippen molar-refractivity contribution in [3.05, 3.63) is 23.8 Å². The van der Waals surface area contributed by atoms with E-state index in [1.807, 2.05) is 39.0 Å². The van der Waals surface area contributed by atoms with Crippen LogP contribution in [0.2, 0.25) is 0 Å². The average Bonchev–Trinajstić information content (AvgIpc) is 2.58. The number of likely N-dealkylation sites (tertiary alicyclic amines) is 1. The molecule has 1 saturated heterocycles. The van der Waals surface area contributed by atoms with E-state index in [0.29, 0.717) is 25.3 Å². The molecule has 2 aliphatic rings. The van der Waals surface area contributed by atoms with E-state index < -0.39 is 11.7 Å². The summed E-state index contributed by atoms with van der Waals surface area (Å²) in [5, 5.41) is 16.7. The van der Waals surface area contributed by atoms with Crippen molar-refractivity contribution in [1.29, 1.82) is 0 Å². The zero-order valence-electron chi connectivity index (χ0n) is 15.9. The number of aliphatic hydroxyl groups is 1. The minimum Gasteiger partial charge on any atom is -0.444 e. The van der Waals surface area contributed by atoms with Gasteiger partial charge in [-0.2, -0.15) is 0 Å². The summed E-state index contributed by atoms with van der Waals surface area (Å²) in [5.74, 6) is 0.468. The molecule has 0 aliphatic carbocycles. The normalized spacial score (nSPS) is 22.8. The molecule has 0 aromatic heterocycles. The molecule has 27 heavy (non-hydrogen) atoms. The third-order valence-corrected chi connectivity index (χ3v) is 5.55. The van der Waals surface area contributed by atoms with Gasteiger partial charge in [0.05, 0.1) is 24.1 Å². The third-order valence-electron chi connectivity index (χ3n) is 4.48. The number of nitrogens with zero attached hydrogens (tertiary/aromatic N) is 1. The van der Waals surface area contributed by atoms with Gasteiger partial charge in [0, 0.05) is 24.0 Å². The molecule has 7 nitrogen and oxygen atoms in total. The quantitative estimate of drug-likeness (QED) is 0.729. The van der Waals surface area contributed by atoms with Crippen molar-refractivity contribution in [2.75, 3.05) is 24.2 Å². The predicted molar refractivity (Wildman–Crippen MR) is 105 cm³/mol. The summed E-state index contributed by atoms with van der Waals surface area (Å²) in [6.45, 7) is 6.87. The number of anilines is 1. The number of benzene rings is 1. The highest BCUT2D eigenvalue weighted by Crippen LogP contribution is 2.32. The van der Waals surface area contributed by atoms with Crippen LogP contribution >= 0.6 is 11.8 Å². The molecule has 8 heteroatoms. The first kappa shape index (κ1) is 20.0. The first-order valence-electron chi connectivity index (χ1n) is 9.16. The van der Waals surface area contributed by atoms with E-state index in [1.54, 1.807) is 4.90 Å². The molecule has 0 radical (unpaired) electrons. The fraction of sp³-hybridized carbons (Fsp3) is 0.579. The van der Waals surface area contributed by atoms with Gasteiger partial charge in [-0.05, 0) is 44.9 Å². The average molecular weight is 394 g/mol. The van der Waals surface area contributed by atoms with Gasteiger partial charge in [0.2, 0.25) is 5.91 Å². The highest BCUT2D eigenvalue weighted by Gasteiger charge is 2.32. The van der Waals surface area contributed by atoms with Crippen molar-refractivity contribution in [2.45, 2.75) is 56.4 Å². The number of hydrogen-bond donors (Lipinski definition) is 3. The van der Waals surface area contributed by atoms with Gasteiger partial charge in [-0.15, -0.1) is 11.8 Å². The van der Waals surface area contributed by atoms with Crippen molar-refractivity contribution in [3.8, 4) is 0 Å². The number of carbonyl (C=O) groups excluding carboxylic acids is 2. The van der Waals surface area contributed by atoms with Gasteiger partial charge in [0.1, 0.15) is 5.60 Å². The van der Waals surface area contributed by atoms with Crippen LogP contribution in [0, 0.1) is 0 Å². The first-order chi connectivity index (χ1) is 12.7. The molecular formula is C19H27N3O4S. The summed E-state index contributed by atoms with van der Waals surface area (Å²) >= 11 is 1.54. The molecule has 0 unspecified atom stereocenters. The molecule has 1 aromatic carbocycles. The molecule has 1 fully saturated rings. The first-order valence-corrected chi connectivity index (χ1v) is 10.1. The number of hydrogen-bond acceptors (Lipinski definition) is 6. The van der Waals surface area contributed by atoms with E-state index >= 15 is 0 Å². The lowest BCUT2D eigenvalue weighted by Crippen LogP contribution is -2.54. The van der Waals surface area contributed by atoms with E-state index in [9.17, 15) is 14.7 Å². The molecule has 2 amide bonds. The van der Waals surface area contributed by atoms with E-state index in [0.717, 1.165) is 16.1 Å². The Morgan fingerprint density at radius 2 is 2.22 bits per heavy atom. The maximum absolute atomic E-state index is 12.1. The van der Waals surface area contributed by atoms with Crippen molar-refractivity contribution < 1.29 is 19.4 Å². The Kier molecular flexibility index (Phi) is 5.98. The van der Waals surface area contributed by atoms with E-state index in [4.69, 9.17) is 4.74 Å². The zero-order valence-corrected chi connectivity index (χ0v) is 16.8. The Morgan fingerprint density at radius 3 is 2.93 bits per heavy atom. The number of carbonyl (C=O) groups is 2. The van der Waals surface area contributed by atoms with Crippen LogP contribution in [0.3, 0.4) is 0 Å². The number of amides is 2. The van der Waals surface area contributed by atoms with E-state index in [1.165, 1.54) is 11.8 Å². The van der Waals surface area contributed by atoms with Crippen molar-refractivity contribution in [3.63, 3.8) is 0 Å². The molecule has 0 saturated carbocycles. The predicted octanol–water partition coefficient (Wildman–Crippen LogP) is 2.19. The number of aliphatic hydroxyl groups excluding tert-OH is 1. The Labute approximate surface area is 163 Å². The number of nitrogens with one attached hydrogen (secondary N) is 2. The molecule has 3 rings (SSSR count). The summed E-state index contributed by atoms with van der Waals surface area (Å²) in [7, 11) is 0. The second kappa shape index (κ2) is 8.08. The van der Waals surface area contributed by atoms with Crippen LogP contribution in [0.1, 0.15) is 32.8 Å². The fourth-order valence-corrected chi connectivity index (χ4v) is 3.94.